The fourth-order valence-corrected chi connectivity index (χ4v) is 2.45. The Bertz CT molecular complexity index is 706. The molecule has 0 saturated carbocycles. The number of nitrogens with zero attached hydrogens (tertiary/aromatic N) is 3. The molecule has 0 spiro atoms. The quantitative estimate of drug-likeness (QED) is 0.935. The summed E-state index contributed by atoms with van der Waals surface area (Å²) in [6, 6.07) is 5.24. The fraction of sp³-hybridized carbons (Fsp3) is 0.357. The van der Waals surface area contributed by atoms with Crippen molar-refractivity contribution in [3.8, 4) is 0 Å². The Kier molecular flexibility index (Phi) is 4.06. The van der Waals surface area contributed by atoms with E-state index in [-0.39, 0.29) is 11.8 Å². The fourth-order valence-electron chi connectivity index (χ4n) is 2.28. The number of carbonyl (C=O) groups is 1. The van der Waals surface area contributed by atoms with E-state index in [1.54, 1.807) is 24.4 Å². The second-order valence-electron chi connectivity index (χ2n) is 5.10. The van der Waals surface area contributed by atoms with Gasteiger partial charge in [-0.15, -0.1) is 0 Å². The Morgan fingerprint density at radius 1 is 1.41 bits per heavy atom. The molecule has 116 valence electrons. The lowest BCUT2D eigenvalue weighted by Crippen LogP contribution is -2.54. The third-order valence-corrected chi connectivity index (χ3v) is 3.73. The minimum atomic E-state index is -2.53. The van der Waals surface area contributed by atoms with Crippen LogP contribution in [0, 0.1) is 5.92 Å². The number of amides is 1. The van der Waals surface area contributed by atoms with Crippen LogP contribution in [0.25, 0.3) is 11.0 Å². The van der Waals surface area contributed by atoms with Gasteiger partial charge in [-0.1, -0.05) is 11.6 Å². The van der Waals surface area contributed by atoms with Crippen LogP contribution in [0.1, 0.15) is 0 Å². The summed E-state index contributed by atoms with van der Waals surface area (Å²) in [5.74, 6) is 0.0197. The average Bonchev–Trinajstić information content (AvgIpc) is 2.43. The second-order valence-corrected chi connectivity index (χ2v) is 5.54. The largest absolute Gasteiger partial charge is 0.354 e. The van der Waals surface area contributed by atoms with E-state index in [0.29, 0.717) is 35.0 Å². The molecule has 3 rings (SSSR count). The summed E-state index contributed by atoms with van der Waals surface area (Å²) in [7, 11) is 0. The monoisotopic (exact) mass is 326 g/mol. The van der Waals surface area contributed by atoms with Crippen LogP contribution in [-0.4, -0.2) is 41.9 Å². The van der Waals surface area contributed by atoms with E-state index >= 15 is 0 Å². The number of fused-ring (bicyclic) bond motifs is 1. The van der Waals surface area contributed by atoms with Crippen LogP contribution in [-0.2, 0) is 4.79 Å². The SMILES string of the molecule is O=C(NCC(F)F)C1CN(c2cnc3cc(Cl)ccc3n2)C1. The highest BCUT2D eigenvalue weighted by Crippen LogP contribution is 2.25. The smallest absolute Gasteiger partial charge is 0.255 e. The van der Waals surface area contributed by atoms with E-state index in [1.165, 1.54) is 0 Å². The van der Waals surface area contributed by atoms with Crippen molar-refractivity contribution in [3.05, 3.63) is 29.4 Å². The zero-order valence-corrected chi connectivity index (χ0v) is 12.2. The van der Waals surface area contributed by atoms with E-state index in [4.69, 9.17) is 11.6 Å². The Morgan fingerprint density at radius 2 is 2.18 bits per heavy atom. The number of carbonyl (C=O) groups excluding carboxylic acids is 1. The Balaban J connectivity index is 1.63. The summed E-state index contributed by atoms with van der Waals surface area (Å²) in [6.07, 6.45) is -0.912. The van der Waals surface area contributed by atoms with Crippen LogP contribution >= 0.6 is 11.6 Å². The first-order valence-electron chi connectivity index (χ1n) is 6.76. The summed E-state index contributed by atoms with van der Waals surface area (Å²) in [6.45, 7) is 0.289. The minimum absolute atomic E-state index is 0.290. The molecular formula is C14H13ClF2N4O. The van der Waals surface area contributed by atoms with Gasteiger partial charge in [-0.3, -0.25) is 9.78 Å². The third kappa shape index (κ3) is 3.09. The summed E-state index contributed by atoms with van der Waals surface area (Å²) in [4.78, 5) is 22.3. The van der Waals surface area contributed by atoms with Crippen molar-refractivity contribution in [2.45, 2.75) is 6.43 Å². The predicted molar refractivity (Wildman–Crippen MR) is 79.3 cm³/mol. The highest BCUT2D eigenvalue weighted by molar-refractivity contribution is 6.31. The highest BCUT2D eigenvalue weighted by Gasteiger charge is 2.33. The van der Waals surface area contributed by atoms with E-state index in [0.717, 1.165) is 0 Å². The van der Waals surface area contributed by atoms with Crippen molar-refractivity contribution >= 4 is 34.4 Å². The molecule has 1 N–H and O–H groups in total. The number of rotatable bonds is 4. The van der Waals surface area contributed by atoms with Gasteiger partial charge in [0.1, 0.15) is 5.82 Å². The Hall–Kier alpha value is -2.02. The van der Waals surface area contributed by atoms with Gasteiger partial charge in [-0.05, 0) is 18.2 Å². The van der Waals surface area contributed by atoms with Gasteiger partial charge < -0.3 is 10.2 Å². The van der Waals surface area contributed by atoms with Gasteiger partial charge in [0.2, 0.25) is 5.91 Å². The summed E-state index contributed by atoms with van der Waals surface area (Å²) >= 11 is 5.89. The van der Waals surface area contributed by atoms with Gasteiger partial charge >= 0.3 is 0 Å². The first-order chi connectivity index (χ1) is 10.5. The molecule has 0 bridgehead atoms. The molecule has 0 unspecified atom stereocenters. The Morgan fingerprint density at radius 3 is 2.91 bits per heavy atom. The third-order valence-electron chi connectivity index (χ3n) is 3.50. The van der Waals surface area contributed by atoms with Crippen molar-refractivity contribution in [1.82, 2.24) is 15.3 Å². The maximum atomic E-state index is 12.0. The molecule has 2 heterocycles. The summed E-state index contributed by atoms with van der Waals surface area (Å²) in [5, 5.41) is 2.82. The van der Waals surface area contributed by atoms with Crippen molar-refractivity contribution in [2.75, 3.05) is 24.5 Å². The minimum Gasteiger partial charge on any atom is -0.354 e. The van der Waals surface area contributed by atoms with Crippen molar-refractivity contribution in [2.24, 2.45) is 5.92 Å². The molecule has 1 amide bonds. The van der Waals surface area contributed by atoms with Gasteiger partial charge in [-0.2, -0.15) is 0 Å². The molecule has 1 aromatic heterocycles. The molecule has 8 heteroatoms. The summed E-state index contributed by atoms with van der Waals surface area (Å²) in [5.41, 5.74) is 1.41. The number of benzene rings is 1. The normalized spacial score (nSPS) is 15.2. The number of halogens is 3. The van der Waals surface area contributed by atoms with Gasteiger partial charge in [0.25, 0.3) is 6.43 Å². The molecule has 0 aliphatic carbocycles. The first-order valence-corrected chi connectivity index (χ1v) is 7.14. The molecular weight excluding hydrogens is 314 g/mol. The van der Waals surface area contributed by atoms with Crippen LogP contribution in [0.2, 0.25) is 5.02 Å². The maximum absolute atomic E-state index is 12.0. The van der Waals surface area contributed by atoms with Crippen LogP contribution < -0.4 is 10.2 Å². The van der Waals surface area contributed by atoms with Gasteiger partial charge in [0.05, 0.1) is 29.7 Å². The second kappa shape index (κ2) is 6.00. The number of nitrogens with one attached hydrogen (secondary N) is 1. The van der Waals surface area contributed by atoms with Crippen LogP contribution in [0.15, 0.2) is 24.4 Å². The number of hydrogen-bond donors (Lipinski definition) is 1. The predicted octanol–water partition coefficient (Wildman–Crippen LogP) is 2.10. The number of aromatic nitrogens is 2. The van der Waals surface area contributed by atoms with E-state index in [9.17, 15) is 13.6 Å². The molecule has 2 aromatic rings. The van der Waals surface area contributed by atoms with E-state index in [1.807, 2.05) is 4.90 Å². The van der Waals surface area contributed by atoms with Crippen molar-refractivity contribution < 1.29 is 13.6 Å². The Labute approximate surface area is 130 Å². The van der Waals surface area contributed by atoms with Crippen molar-refractivity contribution in [1.29, 1.82) is 0 Å². The average molecular weight is 327 g/mol. The maximum Gasteiger partial charge on any atom is 0.255 e. The lowest BCUT2D eigenvalue weighted by atomic mass is 9.99. The van der Waals surface area contributed by atoms with Gasteiger partial charge in [-0.25, -0.2) is 13.8 Å². The van der Waals surface area contributed by atoms with E-state index < -0.39 is 13.0 Å². The van der Waals surface area contributed by atoms with Gasteiger partial charge in [0.15, 0.2) is 0 Å². The first kappa shape index (κ1) is 14.9. The molecule has 0 atom stereocenters. The number of anilines is 1. The molecule has 5 nitrogen and oxygen atoms in total. The molecule has 0 radical (unpaired) electrons. The van der Waals surface area contributed by atoms with Crippen LogP contribution in [0.5, 0.6) is 0 Å². The molecule has 1 aliphatic heterocycles. The van der Waals surface area contributed by atoms with Crippen LogP contribution in [0.3, 0.4) is 0 Å². The molecule has 1 saturated heterocycles. The van der Waals surface area contributed by atoms with Crippen molar-refractivity contribution in [3.63, 3.8) is 0 Å². The molecule has 1 fully saturated rings. The van der Waals surface area contributed by atoms with Gasteiger partial charge in [0, 0.05) is 18.1 Å². The number of hydrogen-bond acceptors (Lipinski definition) is 4. The topological polar surface area (TPSA) is 58.1 Å². The number of alkyl halides is 2. The zero-order chi connectivity index (χ0) is 15.7. The lowest BCUT2D eigenvalue weighted by Gasteiger charge is -2.38. The molecule has 22 heavy (non-hydrogen) atoms. The lowest BCUT2D eigenvalue weighted by molar-refractivity contribution is -0.126. The molecule has 1 aliphatic rings. The van der Waals surface area contributed by atoms with Crippen LogP contribution in [0.4, 0.5) is 14.6 Å². The standard InChI is InChI=1S/C14H13ClF2N4O/c15-9-1-2-10-11(3-9)18-5-13(20-10)21-6-8(7-21)14(22)19-4-12(16)17/h1-3,5,8,12H,4,6-7H2,(H,19,22). The molecule has 1 aromatic carbocycles. The zero-order valence-electron chi connectivity index (χ0n) is 11.5. The summed E-state index contributed by atoms with van der Waals surface area (Å²) < 4.78 is 24.1. The highest BCUT2D eigenvalue weighted by atomic mass is 35.5. The van der Waals surface area contributed by atoms with E-state index in [2.05, 4.69) is 15.3 Å².